The fourth-order valence-electron chi connectivity index (χ4n) is 3.06. The third kappa shape index (κ3) is 3.32. The van der Waals surface area contributed by atoms with Crippen LogP contribution in [0.3, 0.4) is 0 Å². The molecule has 3 rings (SSSR count). The van der Waals surface area contributed by atoms with Crippen LogP contribution in [-0.4, -0.2) is 42.8 Å². The molecule has 4 nitrogen and oxygen atoms in total. The summed E-state index contributed by atoms with van der Waals surface area (Å²) in [6, 6.07) is 15.4. The Bertz CT molecular complexity index is 744. The van der Waals surface area contributed by atoms with Crippen molar-refractivity contribution in [2.75, 3.05) is 31.1 Å². The Balaban J connectivity index is 1.64. The quantitative estimate of drug-likeness (QED) is 0.815. The second-order valence-corrected chi connectivity index (χ2v) is 6.20. The fourth-order valence-corrected chi connectivity index (χ4v) is 3.06. The Labute approximate surface area is 142 Å². The van der Waals surface area contributed by atoms with Gasteiger partial charge in [0.2, 0.25) is 0 Å². The molecule has 0 aromatic heterocycles. The van der Waals surface area contributed by atoms with Gasteiger partial charge in [0.1, 0.15) is 0 Å². The number of anilines is 1. The summed E-state index contributed by atoms with van der Waals surface area (Å²) in [6.45, 7) is 6.57. The summed E-state index contributed by atoms with van der Waals surface area (Å²) in [5, 5.41) is 0. The molecule has 1 amide bonds. The number of Topliss-reactive ketones (excluding diaryl/α,β-unsaturated/α-hetero) is 1. The van der Waals surface area contributed by atoms with Gasteiger partial charge in [0, 0.05) is 43.0 Å². The Kier molecular flexibility index (Phi) is 4.65. The van der Waals surface area contributed by atoms with Gasteiger partial charge in [0.25, 0.3) is 5.91 Å². The van der Waals surface area contributed by atoms with Crippen molar-refractivity contribution in [3.05, 3.63) is 65.2 Å². The Hall–Kier alpha value is -2.62. The van der Waals surface area contributed by atoms with E-state index in [9.17, 15) is 9.59 Å². The van der Waals surface area contributed by atoms with Gasteiger partial charge >= 0.3 is 0 Å². The van der Waals surface area contributed by atoms with Gasteiger partial charge in [0.05, 0.1) is 0 Å². The number of hydrogen-bond donors (Lipinski definition) is 0. The van der Waals surface area contributed by atoms with E-state index < -0.39 is 0 Å². The molecule has 1 saturated heterocycles. The summed E-state index contributed by atoms with van der Waals surface area (Å²) < 4.78 is 0. The molecule has 124 valence electrons. The molecule has 0 spiro atoms. The predicted molar refractivity (Wildman–Crippen MR) is 95.7 cm³/mol. The summed E-state index contributed by atoms with van der Waals surface area (Å²) in [4.78, 5) is 28.2. The molecule has 2 aromatic carbocycles. The van der Waals surface area contributed by atoms with E-state index in [1.807, 2.05) is 60.4 Å². The molecule has 1 fully saturated rings. The van der Waals surface area contributed by atoms with Crippen molar-refractivity contribution in [3.8, 4) is 0 Å². The van der Waals surface area contributed by atoms with E-state index in [1.54, 1.807) is 6.92 Å². The lowest BCUT2D eigenvalue weighted by Crippen LogP contribution is -2.48. The van der Waals surface area contributed by atoms with E-state index in [0.717, 1.165) is 35.5 Å². The maximum Gasteiger partial charge on any atom is 0.254 e. The molecule has 2 aromatic rings. The van der Waals surface area contributed by atoms with E-state index in [1.165, 1.54) is 0 Å². The second-order valence-electron chi connectivity index (χ2n) is 6.20. The Morgan fingerprint density at radius 1 is 0.875 bits per heavy atom. The zero-order chi connectivity index (χ0) is 17.1. The zero-order valence-corrected chi connectivity index (χ0v) is 14.2. The first-order chi connectivity index (χ1) is 11.6. The van der Waals surface area contributed by atoms with E-state index in [0.29, 0.717) is 13.1 Å². The topological polar surface area (TPSA) is 40.6 Å². The minimum Gasteiger partial charge on any atom is -0.368 e. The maximum absolute atomic E-state index is 12.7. The minimum atomic E-state index is 0.0789. The lowest BCUT2D eigenvalue weighted by molar-refractivity contribution is 0.0746. The van der Waals surface area contributed by atoms with Crippen molar-refractivity contribution < 1.29 is 9.59 Å². The number of amides is 1. The molecule has 0 aliphatic carbocycles. The maximum atomic E-state index is 12.7. The molecular weight excluding hydrogens is 300 g/mol. The van der Waals surface area contributed by atoms with E-state index in [-0.39, 0.29) is 11.7 Å². The van der Waals surface area contributed by atoms with Crippen LogP contribution < -0.4 is 4.90 Å². The number of ketones is 1. The molecule has 1 aliphatic heterocycles. The zero-order valence-electron chi connectivity index (χ0n) is 14.2. The first kappa shape index (κ1) is 16.2. The number of benzene rings is 2. The number of aryl methyl sites for hydroxylation is 1. The van der Waals surface area contributed by atoms with Crippen LogP contribution in [0.4, 0.5) is 5.69 Å². The minimum absolute atomic E-state index is 0.0789. The molecule has 0 atom stereocenters. The third-order valence-corrected chi connectivity index (χ3v) is 4.58. The number of piperazine rings is 1. The highest BCUT2D eigenvalue weighted by Gasteiger charge is 2.23. The monoisotopic (exact) mass is 322 g/mol. The molecule has 24 heavy (non-hydrogen) atoms. The molecule has 0 N–H and O–H groups in total. The average Bonchev–Trinajstić information content (AvgIpc) is 2.62. The summed E-state index contributed by atoms with van der Waals surface area (Å²) in [5.74, 6) is 0.190. The molecule has 0 radical (unpaired) electrons. The van der Waals surface area contributed by atoms with Crippen molar-refractivity contribution in [3.63, 3.8) is 0 Å². The summed E-state index contributed by atoms with van der Waals surface area (Å²) in [5.41, 5.74) is 3.64. The van der Waals surface area contributed by atoms with Crippen LogP contribution in [0, 0.1) is 6.92 Å². The van der Waals surface area contributed by atoms with E-state index >= 15 is 0 Å². The molecule has 0 saturated carbocycles. The molecule has 0 unspecified atom stereocenters. The lowest BCUT2D eigenvalue weighted by Gasteiger charge is -2.36. The SMILES string of the molecule is CC(=O)c1ccc(N2CCN(C(=O)c3ccccc3C)CC2)cc1. The van der Waals surface area contributed by atoms with Crippen molar-refractivity contribution in [2.24, 2.45) is 0 Å². The highest BCUT2D eigenvalue weighted by Crippen LogP contribution is 2.19. The summed E-state index contributed by atoms with van der Waals surface area (Å²) in [7, 11) is 0. The molecule has 1 aliphatic rings. The van der Waals surface area contributed by atoms with Crippen molar-refractivity contribution in [1.29, 1.82) is 0 Å². The van der Waals surface area contributed by atoms with Crippen LogP contribution in [0.2, 0.25) is 0 Å². The number of nitrogens with zero attached hydrogens (tertiary/aromatic N) is 2. The van der Waals surface area contributed by atoms with Crippen LogP contribution in [0.25, 0.3) is 0 Å². The predicted octanol–water partition coefficient (Wildman–Crippen LogP) is 3.16. The van der Waals surface area contributed by atoms with E-state index in [2.05, 4.69) is 4.90 Å². The van der Waals surface area contributed by atoms with Crippen molar-refractivity contribution in [1.82, 2.24) is 4.90 Å². The fraction of sp³-hybridized carbons (Fsp3) is 0.300. The smallest absolute Gasteiger partial charge is 0.254 e. The van der Waals surface area contributed by atoms with Gasteiger partial charge in [0.15, 0.2) is 5.78 Å². The number of hydrogen-bond acceptors (Lipinski definition) is 3. The molecular formula is C20H22N2O2. The highest BCUT2D eigenvalue weighted by atomic mass is 16.2. The van der Waals surface area contributed by atoms with Crippen LogP contribution in [0.15, 0.2) is 48.5 Å². The van der Waals surface area contributed by atoms with Gasteiger partial charge in [-0.05, 0) is 49.7 Å². The number of rotatable bonds is 3. The standard InChI is InChI=1S/C20H22N2O2/c1-15-5-3-4-6-19(15)20(24)22-13-11-21(12-14-22)18-9-7-17(8-10-18)16(2)23/h3-10H,11-14H2,1-2H3. The van der Waals surface area contributed by atoms with Crippen LogP contribution in [0.1, 0.15) is 33.2 Å². The highest BCUT2D eigenvalue weighted by molar-refractivity contribution is 5.96. The first-order valence-electron chi connectivity index (χ1n) is 8.27. The van der Waals surface area contributed by atoms with Crippen LogP contribution >= 0.6 is 0 Å². The van der Waals surface area contributed by atoms with Gasteiger partial charge in [-0.1, -0.05) is 18.2 Å². The normalized spacial score (nSPS) is 14.6. The average molecular weight is 322 g/mol. The molecule has 1 heterocycles. The number of carbonyl (C=O) groups is 2. The summed E-state index contributed by atoms with van der Waals surface area (Å²) >= 11 is 0. The number of carbonyl (C=O) groups excluding carboxylic acids is 2. The van der Waals surface area contributed by atoms with Gasteiger partial charge < -0.3 is 9.80 Å². The Morgan fingerprint density at radius 2 is 1.50 bits per heavy atom. The van der Waals surface area contributed by atoms with Gasteiger partial charge in [-0.25, -0.2) is 0 Å². The van der Waals surface area contributed by atoms with Crippen molar-refractivity contribution >= 4 is 17.4 Å². The largest absolute Gasteiger partial charge is 0.368 e. The van der Waals surface area contributed by atoms with Crippen LogP contribution in [0.5, 0.6) is 0 Å². The van der Waals surface area contributed by atoms with Crippen molar-refractivity contribution in [2.45, 2.75) is 13.8 Å². The lowest BCUT2D eigenvalue weighted by atomic mass is 10.1. The Morgan fingerprint density at radius 3 is 2.08 bits per heavy atom. The molecule has 4 heteroatoms. The second kappa shape index (κ2) is 6.87. The van der Waals surface area contributed by atoms with Gasteiger partial charge in [-0.15, -0.1) is 0 Å². The van der Waals surface area contributed by atoms with Crippen LogP contribution in [-0.2, 0) is 0 Å². The third-order valence-electron chi connectivity index (χ3n) is 4.58. The van der Waals surface area contributed by atoms with E-state index in [4.69, 9.17) is 0 Å². The molecule has 0 bridgehead atoms. The van der Waals surface area contributed by atoms with Gasteiger partial charge in [-0.3, -0.25) is 9.59 Å². The summed E-state index contributed by atoms with van der Waals surface area (Å²) in [6.07, 6.45) is 0. The first-order valence-corrected chi connectivity index (χ1v) is 8.27. The van der Waals surface area contributed by atoms with Gasteiger partial charge in [-0.2, -0.15) is 0 Å².